The lowest BCUT2D eigenvalue weighted by molar-refractivity contribution is -0.128. The Morgan fingerprint density at radius 3 is 2.27 bits per heavy atom. The molecule has 2 aromatic rings. The normalized spacial score (nSPS) is 13.2. The van der Waals surface area contributed by atoms with Crippen LogP contribution in [0.1, 0.15) is 44.4 Å². The number of rotatable bonds is 8. The molecule has 0 aliphatic rings. The van der Waals surface area contributed by atoms with Crippen LogP contribution in [-0.4, -0.2) is 19.1 Å². The van der Waals surface area contributed by atoms with Gasteiger partial charge in [-0.1, -0.05) is 44.2 Å². The van der Waals surface area contributed by atoms with Crippen molar-refractivity contribution >= 4 is 5.91 Å². The Hall–Kier alpha value is -2.49. The van der Waals surface area contributed by atoms with Crippen LogP contribution in [0.5, 0.6) is 11.5 Å². The van der Waals surface area contributed by atoms with Crippen LogP contribution in [0.4, 0.5) is 0 Å². The first-order valence-electron chi connectivity index (χ1n) is 9.07. The number of para-hydroxylation sites is 1. The quantitative estimate of drug-likeness (QED) is 0.748. The molecule has 4 nitrogen and oxygen atoms in total. The third-order valence-corrected chi connectivity index (χ3v) is 4.31. The summed E-state index contributed by atoms with van der Waals surface area (Å²) >= 11 is 0. The van der Waals surface area contributed by atoms with Crippen molar-refractivity contribution in [3.05, 3.63) is 59.7 Å². The van der Waals surface area contributed by atoms with Gasteiger partial charge in [0.2, 0.25) is 0 Å². The van der Waals surface area contributed by atoms with E-state index in [4.69, 9.17) is 9.47 Å². The first kappa shape index (κ1) is 19.8. The van der Waals surface area contributed by atoms with Crippen LogP contribution in [0.15, 0.2) is 48.5 Å². The number of carbonyl (C=O) groups excluding carboxylic acids is 1. The zero-order chi connectivity index (χ0) is 19.1. The summed E-state index contributed by atoms with van der Waals surface area (Å²) in [7, 11) is 1.65. The van der Waals surface area contributed by atoms with Gasteiger partial charge in [0.1, 0.15) is 11.5 Å². The van der Waals surface area contributed by atoms with Gasteiger partial charge >= 0.3 is 0 Å². The Kier molecular flexibility index (Phi) is 7.07. The molecular weight excluding hydrogens is 326 g/mol. The minimum absolute atomic E-state index is 0.0590. The first-order chi connectivity index (χ1) is 12.4. The van der Waals surface area contributed by atoms with E-state index >= 15 is 0 Å². The lowest BCUT2D eigenvalue weighted by Crippen LogP contribution is -2.39. The first-order valence-corrected chi connectivity index (χ1v) is 9.07. The Balaban J connectivity index is 2.08. The van der Waals surface area contributed by atoms with Crippen molar-refractivity contribution in [1.82, 2.24) is 5.32 Å². The smallest absolute Gasteiger partial charge is 0.261 e. The third kappa shape index (κ3) is 5.51. The highest BCUT2D eigenvalue weighted by Gasteiger charge is 2.21. The largest absolute Gasteiger partial charge is 0.497 e. The van der Waals surface area contributed by atoms with E-state index in [1.165, 1.54) is 0 Å². The summed E-state index contributed by atoms with van der Waals surface area (Å²) < 4.78 is 11.1. The van der Waals surface area contributed by atoms with Gasteiger partial charge in [-0.3, -0.25) is 4.79 Å². The molecule has 0 aliphatic heterocycles. The van der Waals surface area contributed by atoms with Crippen molar-refractivity contribution in [2.45, 2.75) is 46.3 Å². The topological polar surface area (TPSA) is 47.6 Å². The zero-order valence-electron chi connectivity index (χ0n) is 16.3. The highest BCUT2D eigenvalue weighted by atomic mass is 16.5. The predicted octanol–water partition coefficient (Wildman–Crippen LogP) is 4.67. The molecule has 2 aromatic carbocycles. The lowest BCUT2D eigenvalue weighted by atomic mass is 9.96. The highest BCUT2D eigenvalue weighted by molar-refractivity contribution is 5.81. The zero-order valence-corrected chi connectivity index (χ0v) is 16.3. The number of carbonyl (C=O) groups is 1. The van der Waals surface area contributed by atoms with Gasteiger partial charge in [-0.2, -0.15) is 0 Å². The van der Waals surface area contributed by atoms with E-state index in [2.05, 4.69) is 19.2 Å². The maximum atomic E-state index is 12.7. The second-order valence-electron chi connectivity index (χ2n) is 6.99. The van der Waals surface area contributed by atoms with Crippen molar-refractivity contribution in [3.63, 3.8) is 0 Å². The average Bonchev–Trinajstić information content (AvgIpc) is 2.62. The van der Waals surface area contributed by atoms with Crippen LogP contribution in [0.25, 0.3) is 0 Å². The molecule has 26 heavy (non-hydrogen) atoms. The second-order valence-corrected chi connectivity index (χ2v) is 6.99. The monoisotopic (exact) mass is 355 g/mol. The summed E-state index contributed by atoms with van der Waals surface area (Å²) in [4.78, 5) is 12.7. The molecule has 0 bridgehead atoms. The fourth-order valence-corrected chi connectivity index (χ4v) is 2.81. The summed E-state index contributed by atoms with van der Waals surface area (Å²) in [6.45, 7) is 8.05. The molecule has 0 unspecified atom stereocenters. The number of ether oxygens (including phenoxy) is 2. The van der Waals surface area contributed by atoms with Crippen molar-refractivity contribution in [1.29, 1.82) is 0 Å². The van der Waals surface area contributed by atoms with Gasteiger partial charge in [0, 0.05) is 0 Å². The molecule has 1 amide bonds. The number of aryl methyl sites for hydroxylation is 1. The van der Waals surface area contributed by atoms with Crippen molar-refractivity contribution in [2.75, 3.05) is 7.11 Å². The Bertz CT molecular complexity index is 710. The second kappa shape index (κ2) is 9.27. The van der Waals surface area contributed by atoms with Crippen LogP contribution in [-0.2, 0) is 4.79 Å². The van der Waals surface area contributed by atoms with Gasteiger partial charge in [0.15, 0.2) is 6.10 Å². The Morgan fingerprint density at radius 2 is 1.69 bits per heavy atom. The van der Waals surface area contributed by atoms with Gasteiger partial charge < -0.3 is 14.8 Å². The van der Waals surface area contributed by atoms with E-state index in [1.54, 1.807) is 14.0 Å². The molecule has 0 aromatic heterocycles. The molecule has 0 heterocycles. The standard InChI is InChI=1S/C22H29NO3/c1-15(2)14-20(18-10-12-19(25-5)13-11-18)23-22(24)17(4)26-21-9-7-6-8-16(21)3/h6-13,15,17,20H,14H2,1-5H3,(H,23,24)/t17-,20+/m0/s1. The molecule has 0 saturated heterocycles. The molecule has 4 heteroatoms. The van der Waals surface area contributed by atoms with E-state index in [-0.39, 0.29) is 11.9 Å². The fraction of sp³-hybridized carbons (Fsp3) is 0.409. The summed E-state index contributed by atoms with van der Waals surface area (Å²) in [5.41, 5.74) is 2.08. The molecule has 1 N–H and O–H groups in total. The minimum Gasteiger partial charge on any atom is -0.497 e. The van der Waals surface area contributed by atoms with Gasteiger partial charge in [0.05, 0.1) is 13.2 Å². The molecule has 0 fully saturated rings. The number of amides is 1. The van der Waals surface area contributed by atoms with Gasteiger partial charge in [-0.25, -0.2) is 0 Å². The van der Waals surface area contributed by atoms with Crippen LogP contribution in [0.2, 0.25) is 0 Å². The molecule has 0 saturated carbocycles. The Labute approximate surface area is 156 Å². The van der Waals surface area contributed by atoms with Crippen molar-refractivity contribution < 1.29 is 14.3 Å². The van der Waals surface area contributed by atoms with E-state index in [9.17, 15) is 4.79 Å². The molecule has 2 rings (SSSR count). The minimum atomic E-state index is -0.566. The molecular formula is C22H29NO3. The molecule has 0 radical (unpaired) electrons. The van der Waals surface area contributed by atoms with Crippen LogP contribution in [0.3, 0.4) is 0 Å². The lowest BCUT2D eigenvalue weighted by Gasteiger charge is -2.24. The van der Waals surface area contributed by atoms with E-state index in [0.29, 0.717) is 5.92 Å². The summed E-state index contributed by atoms with van der Waals surface area (Å²) in [6.07, 6.45) is 0.291. The average molecular weight is 355 g/mol. The number of methoxy groups -OCH3 is 1. The van der Waals surface area contributed by atoms with Gasteiger partial charge in [-0.05, 0) is 55.5 Å². The van der Waals surface area contributed by atoms with E-state index in [1.807, 2.05) is 55.5 Å². The maximum absolute atomic E-state index is 12.7. The number of hydrogen-bond donors (Lipinski definition) is 1. The number of nitrogens with one attached hydrogen (secondary N) is 1. The summed E-state index contributed by atoms with van der Waals surface area (Å²) in [5, 5.41) is 3.14. The van der Waals surface area contributed by atoms with Crippen molar-refractivity contribution in [2.24, 2.45) is 5.92 Å². The molecule has 0 aliphatic carbocycles. The summed E-state index contributed by atoms with van der Waals surface area (Å²) in [5.74, 6) is 1.88. The third-order valence-electron chi connectivity index (χ3n) is 4.31. The van der Waals surface area contributed by atoms with Crippen LogP contribution >= 0.6 is 0 Å². The van der Waals surface area contributed by atoms with E-state index < -0.39 is 6.10 Å². The molecule has 0 spiro atoms. The highest BCUT2D eigenvalue weighted by Crippen LogP contribution is 2.24. The van der Waals surface area contributed by atoms with Crippen LogP contribution < -0.4 is 14.8 Å². The number of hydrogen-bond acceptors (Lipinski definition) is 3. The van der Waals surface area contributed by atoms with Crippen molar-refractivity contribution in [3.8, 4) is 11.5 Å². The molecule has 140 valence electrons. The maximum Gasteiger partial charge on any atom is 0.261 e. The van der Waals surface area contributed by atoms with E-state index in [0.717, 1.165) is 29.0 Å². The Morgan fingerprint density at radius 1 is 1.04 bits per heavy atom. The van der Waals surface area contributed by atoms with Gasteiger partial charge in [-0.15, -0.1) is 0 Å². The van der Waals surface area contributed by atoms with Gasteiger partial charge in [0.25, 0.3) is 5.91 Å². The van der Waals surface area contributed by atoms with Crippen LogP contribution in [0, 0.1) is 12.8 Å². The number of benzene rings is 2. The summed E-state index contributed by atoms with van der Waals surface area (Å²) in [6, 6.07) is 15.5. The fourth-order valence-electron chi connectivity index (χ4n) is 2.81. The predicted molar refractivity (Wildman–Crippen MR) is 105 cm³/mol. The SMILES string of the molecule is COc1ccc([C@@H](CC(C)C)NC(=O)[C@H](C)Oc2ccccc2C)cc1. The molecule has 2 atom stereocenters.